The molecule has 0 saturated carbocycles. The number of ether oxygens (including phenoxy) is 1. The molecule has 0 saturated heterocycles. The van der Waals surface area contributed by atoms with Gasteiger partial charge in [0.1, 0.15) is 11.9 Å². The molecule has 1 unspecified atom stereocenters. The highest BCUT2D eigenvalue weighted by Crippen LogP contribution is 2.32. The zero-order valence-corrected chi connectivity index (χ0v) is 23.0. The number of amides is 3. The highest BCUT2D eigenvalue weighted by Gasteiger charge is 2.33. The van der Waals surface area contributed by atoms with E-state index in [1.165, 1.54) is 41.2 Å². The van der Waals surface area contributed by atoms with Crippen molar-refractivity contribution in [2.45, 2.75) is 18.9 Å². The number of nitrogens with one attached hydrogen (secondary N) is 1. The Hall–Kier alpha value is -4.57. The van der Waals surface area contributed by atoms with Gasteiger partial charge in [0.2, 0.25) is 18.2 Å². The number of hydrogen-bond donors (Lipinski definition) is 1. The molecule has 0 aliphatic carbocycles. The van der Waals surface area contributed by atoms with E-state index in [9.17, 15) is 28.0 Å². The van der Waals surface area contributed by atoms with Gasteiger partial charge in [0.15, 0.2) is 5.82 Å². The molecule has 1 heterocycles. The third kappa shape index (κ3) is 6.60. The molecule has 0 radical (unpaired) electrons. The smallest absolute Gasteiger partial charge is 0.337 e. The van der Waals surface area contributed by atoms with E-state index in [4.69, 9.17) is 16.3 Å². The molecule has 41 heavy (non-hydrogen) atoms. The molecular weight excluding hydrogens is 556 g/mol. The second-order valence-corrected chi connectivity index (χ2v) is 9.74. The Bertz CT molecular complexity index is 1510. The third-order valence-corrected chi connectivity index (χ3v) is 7.04. The van der Waals surface area contributed by atoms with Gasteiger partial charge < -0.3 is 19.9 Å². The Kier molecular flexibility index (Phi) is 9.14. The minimum absolute atomic E-state index is 0.0153. The predicted octanol–water partition coefficient (Wildman–Crippen LogP) is 4.86. The fourth-order valence-electron chi connectivity index (χ4n) is 4.51. The van der Waals surface area contributed by atoms with Crippen molar-refractivity contribution in [2.24, 2.45) is 0 Å². The summed E-state index contributed by atoms with van der Waals surface area (Å²) in [5.41, 5.74) is 1.81. The van der Waals surface area contributed by atoms with Gasteiger partial charge in [0, 0.05) is 37.5 Å². The van der Waals surface area contributed by atoms with Crippen molar-refractivity contribution in [3.05, 3.63) is 100 Å². The van der Waals surface area contributed by atoms with Gasteiger partial charge in [-0.25, -0.2) is 13.6 Å². The quantitative estimate of drug-likeness (QED) is 0.221. The minimum Gasteiger partial charge on any atom is -0.465 e. The van der Waals surface area contributed by atoms with Gasteiger partial charge in [-0.05, 0) is 66.1 Å². The summed E-state index contributed by atoms with van der Waals surface area (Å²) in [6.45, 7) is 0.0153. The van der Waals surface area contributed by atoms with E-state index in [-0.39, 0.29) is 35.5 Å². The standard InChI is InChI=1S/C30H26ClF2N3O5/c1-35(17-37)22-9-3-18(4-10-22)15-25(29(39)34-21-7-5-19(6-8-21)30(40)41-2)36-14-13-20(16-26(36)38)27-24(32)12-11-23(31)28(27)33/h3-12,16-17,25H,13-15H2,1-2H3,(H,34,39). The SMILES string of the molecule is COC(=O)c1ccc(NC(=O)C(Cc2ccc(N(C)C=O)cc2)N2CCC(c3c(F)ccc(Cl)c3F)=CC2=O)cc1. The zero-order valence-electron chi connectivity index (χ0n) is 22.2. The number of nitrogens with zero attached hydrogens (tertiary/aromatic N) is 2. The van der Waals surface area contributed by atoms with Crippen molar-refractivity contribution >= 4 is 52.7 Å². The number of carbonyl (C=O) groups is 4. The van der Waals surface area contributed by atoms with Crippen LogP contribution >= 0.6 is 11.6 Å². The second-order valence-electron chi connectivity index (χ2n) is 9.33. The molecule has 8 nitrogen and oxygen atoms in total. The van der Waals surface area contributed by atoms with Gasteiger partial charge in [0.05, 0.1) is 23.3 Å². The Morgan fingerprint density at radius 2 is 1.78 bits per heavy atom. The lowest BCUT2D eigenvalue weighted by molar-refractivity contribution is -0.135. The van der Waals surface area contributed by atoms with Crippen molar-refractivity contribution in [1.82, 2.24) is 4.90 Å². The van der Waals surface area contributed by atoms with Crippen molar-refractivity contribution in [3.8, 4) is 0 Å². The monoisotopic (exact) mass is 581 g/mol. The molecule has 1 N–H and O–H groups in total. The Morgan fingerprint density at radius 3 is 2.39 bits per heavy atom. The van der Waals surface area contributed by atoms with E-state index in [0.29, 0.717) is 28.9 Å². The van der Waals surface area contributed by atoms with Crippen molar-refractivity contribution in [3.63, 3.8) is 0 Å². The van der Waals surface area contributed by atoms with Gasteiger partial charge in [-0.1, -0.05) is 23.7 Å². The van der Waals surface area contributed by atoms with Crippen LogP contribution in [0.25, 0.3) is 5.57 Å². The van der Waals surface area contributed by atoms with E-state index in [1.807, 2.05) is 0 Å². The Labute approximate surface area is 240 Å². The second kappa shape index (κ2) is 12.7. The summed E-state index contributed by atoms with van der Waals surface area (Å²) in [6, 6.07) is 14.1. The molecule has 212 valence electrons. The van der Waals surface area contributed by atoms with Gasteiger partial charge in [-0.15, -0.1) is 0 Å². The van der Waals surface area contributed by atoms with Crippen molar-refractivity contribution < 1.29 is 32.7 Å². The van der Waals surface area contributed by atoms with Gasteiger partial charge in [0.25, 0.3) is 0 Å². The molecule has 3 aromatic rings. The Balaban J connectivity index is 1.62. The predicted molar refractivity (Wildman–Crippen MR) is 150 cm³/mol. The molecule has 1 aliphatic rings. The zero-order chi connectivity index (χ0) is 29.7. The largest absolute Gasteiger partial charge is 0.465 e. The van der Waals surface area contributed by atoms with Crippen LogP contribution < -0.4 is 10.2 Å². The first-order chi connectivity index (χ1) is 19.6. The van der Waals surface area contributed by atoms with Crippen LogP contribution in [0.1, 0.15) is 27.9 Å². The summed E-state index contributed by atoms with van der Waals surface area (Å²) in [4.78, 5) is 52.4. The lowest BCUT2D eigenvalue weighted by Gasteiger charge is -2.33. The fraction of sp³-hybridized carbons (Fsp3) is 0.200. The Morgan fingerprint density at radius 1 is 1.10 bits per heavy atom. The molecule has 1 aliphatic heterocycles. The van der Waals surface area contributed by atoms with Crippen LogP contribution in [0.3, 0.4) is 0 Å². The van der Waals surface area contributed by atoms with E-state index < -0.39 is 35.5 Å². The number of halogens is 3. The lowest BCUT2D eigenvalue weighted by Crippen LogP contribution is -2.49. The lowest BCUT2D eigenvalue weighted by atomic mass is 9.95. The normalized spacial score (nSPS) is 13.7. The summed E-state index contributed by atoms with van der Waals surface area (Å²) >= 11 is 5.84. The fourth-order valence-corrected chi connectivity index (χ4v) is 4.67. The number of benzene rings is 3. The van der Waals surface area contributed by atoms with Crippen molar-refractivity contribution in [2.75, 3.05) is 30.9 Å². The van der Waals surface area contributed by atoms with Crippen molar-refractivity contribution in [1.29, 1.82) is 0 Å². The van der Waals surface area contributed by atoms with Crippen LogP contribution in [0.5, 0.6) is 0 Å². The highest BCUT2D eigenvalue weighted by molar-refractivity contribution is 6.31. The summed E-state index contributed by atoms with van der Waals surface area (Å²) < 4.78 is 33.8. The topological polar surface area (TPSA) is 96.0 Å². The summed E-state index contributed by atoms with van der Waals surface area (Å²) in [6.07, 6.45) is 1.99. The van der Waals surface area contributed by atoms with E-state index >= 15 is 0 Å². The molecule has 3 amide bonds. The summed E-state index contributed by atoms with van der Waals surface area (Å²) in [5, 5.41) is 2.51. The maximum Gasteiger partial charge on any atom is 0.337 e. The number of carbonyl (C=O) groups excluding carboxylic acids is 4. The number of rotatable bonds is 9. The first kappa shape index (κ1) is 29.4. The number of esters is 1. The molecule has 0 spiro atoms. The van der Waals surface area contributed by atoms with E-state index in [0.717, 1.165) is 18.2 Å². The molecule has 0 fully saturated rings. The van der Waals surface area contributed by atoms with Crippen LogP contribution in [-0.2, 0) is 25.5 Å². The molecular formula is C30H26ClF2N3O5. The molecule has 11 heteroatoms. The van der Waals surface area contributed by atoms with Gasteiger partial charge in [-0.2, -0.15) is 0 Å². The highest BCUT2D eigenvalue weighted by atomic mass is 35.5. The van der Waals surface area contributed by atoms with Crippen LogP contribution in [-0.4, -0.2) is 55.8 Å². The van der Waals surface area contributed by atoms with Crippen LogP contribution in [0, 0.1) is 11.6 Å². The summed E-state index contributed by atoms with van der Waals surface area (Å²) in [7, 11) is 2.86. The van der Waals surface area contributed by atoms with Crippen LogP contribution in [0.2, 0.25) is 5.02 Å². The number of methoxy groups -OCH3 is 1. The molecule has 3 aromatic carbocycles. The molecule has 0 bridgehead atoms. The van der Waals surface area contributed by atoms with Crippen LogP contribution in [0.4, 0.5) is 20.2 Å². The van der Waals surface area contributed by atoms with E-state index in [2.05, 4.69) is 5.32 Å². The number of anilines is 2. The van der Waals surface area contributed by atoms with Gasteiger partial charge >= 0.3 is 5.97 Å². The molecule has 4 rings (SSSR count). The maximum atomic E-state index is 14.6. The van der Waals surface area contributed by atoms with E-state index in [1.54, 1.807) is 31.3 Å². The average Bonchev–Trinajstić information content (AvgIpc) is 2.98. The molecule has 0 aromatic heterocycles. The number of hydrogen-bond acceptors (Lipinski definition) is 5. The third-order valence-electron chi connectivity index (χ3n) is 6.75. The van der Waals surface area contributed by atoms with Crippen LogP contribution in [0.15, 0.2) is 66.7 Å². The maximum absolute atomic E-state index is 14.6. The minimum atomic E-state index is -0.996. The average molecular weight is 582 g/mol. The molecule has 1 atom stereocenters. The van der Waals surface area contributed by atoms with Gasteiger partial charge in [-0.3, -0.25) is 14.4 Å². The first-order valence-electron chi connectivity index (χ1n) is 12.5. The summed E-state index contributed by atoms with van der Waals surface area (Å²) in [5.74, 6) is -3.43. The first-order valence-corrected chi connectivity index (χ1v) is 12.9.